The highest BCUT2D eigenvalue weighted by molar-refractivity contribution is 7.66. The van der Waals surface area contributed by atoms with Crippen molar-refractivity contribution in [1.82, 2.24) is 4.90 Å². The van der Waals surface area contributed by atoms with E-state index in [-0.39, 0.29) is 12.1 Å². The fourth-order valence-corrected chi connectivity index (χ4v) is 5.83. The third-order valence-electron chi connectivity index (χ3n) is 3.80. The van der Waals surface area contributed by atoms with Gasteiger partial charge in [0.1, 0.15) is 6.23 Å². The van der Waals surface area contributed by atoms with Gasteiger partial charge in [0.25, 0.3) is 0 Å². The summed E-state index contributed by atoms with van der Waals surface area (Å²) in [5, 5.41) is 0. The van der Waals surface area contributed by atoms with Crippen LogP contribution in [0.25, 0.3) is 0 Å². The first-order chi connectivity index (χ1) is 12.3. The Morgan fingerprint density at radius 2 is 1.89 bits per heavy atom. The topological polar surface area (TPSA) is 172 Å². The van der Waals surface area contributed by atoms with Gasteiger partial charge in [0.05, 0.1) is 12.7 Å². The summed E-state index contributed by atoms with van der Waals surface area (Å²) < 4.78 is 51.3. The summed E-state index contributed by atoms with van der Waals surface area (Å²) in [6, 6.07) is 0. The smallest absolute Gasteiger partial charge is 0.352 e. The van der Waals surface area contributed by atoms with Gasteiger partial charge in [0.2, 0.25) is 0 Å². The molecule has 0 amide bonds. The number of phosphoric acid groups is 3. The molecule has 2 rings (SSSR count). The molecule has 1 fully saturated rings. The van der Waals surface area contributed by atoms with Gasteiger partial charge in [-0.2, -0.15) is 8.62 Å². The Bertz CT molecular complexity index is 734. The van der Waals surface area contributed by atoms with Crippen LogP contribution < -0.4 is 0 Å². The van der Waals surface area contributed by atoms with Gasteiger partial charge in [-0.05, 0) is 19.3 Å². The fourth-order valence-electron chi connectivity index (χ4n) is 2.78. The van der Waals surface area contributed by atoms with Gasteiger partial charge in [-0.15, -0.1) is 0 Å². The van der Waals surface area contributed by atoms with Crippen LogP contribution in [0.15, 0.2) is 24.6 Å². The van der Waals surface area contributed by atoms with Crippen molar-refractivity contribution >= 4 is 23.5 Å². The summed E-state index contributed by atoms with van der Waals surface area (Å²) in [6.07, 6.45) is 5.02. The summed E-state index contributed by atoms with van der Waals surface area (Å²) in [4.78, 5) is 37.4. The van der Waals surface area contributed by atoms with Crippen molar-refractivity contribution in [3.05, 3.63) is 24.6 Å². The molecule has 0 aromatic carbocycles. The monoisotopic (exact) mass is 449 g/mol. The minimum absolute atomic E-state index is 0.0408. The van der Waals surface area contributed by atoms with Crippen molar-refractivity contribution in [2.24, 2.45) is 5.92 Å². The van der Waals surface area contributed by atoms with Crippen LogP contribution in [0.5, 0.6) is 0 Å². The second-order valence-electron chi connectivity index (χ2n) is 6.15. The van der Waals surface area contributed by atoms with E-state index in [1.165, 1.54) is 0 Å². The zero-order valence-corrected chi connectivity index (χ0v) is 17.0. The highest BCUT2D eigenvalue weighted by Gasteiger charge is 2.42. The van der Waals surface area contributed by atoms with E-state index >= 15 is 0 Å². The lowest BCUT2D eigenvalue weighted by Crippen LogP contribution is -2.35. The molecule has 156 valence electrons. The molecule has 1 saturated heterocycles. The van der Waals surface area contributed by atoms with Crippen molar-refractivity contribution < 1.29 is 51.2 Å². The Labute approximate surface area is 155 Å². The van der Waals surface area contributed by atoms with Gasteiger partial charge >= 0.3 is 23.5 Å². The van der Waals surface area contributed by atoms with E-state index in [1.54, 1.807) is 0 Å². The van der Waals surface area contributed by atoms with E-state index in [2.05, 4.69) is 19.7 Å². The molecule has 0 saturated carbocycles. The molecule has 12 nitrogen and oxygen atoms in total. The minimum atomic E-state index is -5.52. The van der Waals surface area contributed by atoms with Gasteiger partial charge in [0.15, 0.2) is 0 Å². The molecule has 0 radical (unpaired) electrons. The first-order valence-electron chi connectivity index (χ1n) is 7.84. The van der Waals surface area contributed by atoms with Crippen LogP contribution in [0.4, 0.5) is 0 Å². The van der Waals surface area contributed by atoms with Crippen LogP contribution in [-0.2, 0) is 31.6 Å². The van der Waals surface area contributed by atoms with Crippen LogP contribution >= 0.6 is 23.5 Å². The van der Waals surface area contributed by atoms with Crippen LogP contribution in [0, 0.1) is 5.92 Å². The molecule has 0 spiro atoms. The number of nitrogens with zero attached hydrogens (tertiary/aromatic N) is 1. The zero-order valence-electron chi connectivity index (χ0n) is 14.4. The molecule has 0 aromatic rings. The Balaban J connectivity index is 1.90. The zero-order chi connectivity index (χ0) is 20.5. The molecular weight excluding hydrogens is 427 g/mol. The number of hydrogen-bond donors (Lipinski definition) is 4. The van der Waals surface area contributed by atoms with Crippen LogP contribution in [0.1, 0.15) is 26.2 Å². The van der Waals surface area contributed by atoms with Crippen LogP contribution in [0.3, 0.4) is 0 Å². The van der Waals surface area contributed by atoms with E-state index in [1.807, 2.05) is 24.1 Å². The van der Waals surface area contributed by atoms with Crippen molar-refractivity contribution in [2.45, 2.75) is 38.5 Å². The van der Waals surface area contributed by atoms with E-state index in [4.69, 9.17) is 19.4 Å². The summed E-state index contributed by atoms with van der Waals surface area (Å²) in [6.45, 7) is 5.45. The second-order valence-corrected chi connectivity index (χ2v) is 10.6. The van der Waals surface area contributed by atoms with Crippen molar-refractivity contribution in [3.8, 4) is 0 Å². The van der Waals surface area contributed by atoms with E-state index in [9.17, 15) is 18.6 Å². The third-order valence-corrected chi connectivity index (χ3v) is 7.60. The molecule has 15 heteroatoms. The Kier molecular flexibility index (Phi) is 7.28. The number of hydrogen-bond acceptors (Lipinski definition) is 8. The molecule has 2 aliphatic heterocycles. The van der Waals surface area contributed by atoms with E-state index in [0.29, 0.717) is 6.42 Å². The molecule has 4 N–H and O–H groups in total. The predicted octanol–water partition coefficient (Wildman–Crippen LogP) is 2.20. The second kappa shape index (κ2) is 8.57. The summed E-state index contributed by atoms with van der Waals surface area (Å²) in [5.74, 6) is 0.0408. The standard InChI is InChI=1S/C12H22NO11P3/c1-9-7-11(22-12(9)13-6-4-3-5-10(13)2)8-21-26(17,18)24-27(19,20)23-25(14,15)16/h4,6,9,11-12H,2-3,5,7-8H2,1H3,(H,17,18)(H,19,20)(H2,14,15,16). The maximum Gasteiger partial charge on any atom is 0.490 e. The first-order valence-corrected chi connectivity index (χ1v) is 12.4. The minimum Gasteiger partial charge on any atom is -0.352 e. The molecule has 0 aliphatic carbocycles. The lowest BCUT2D eigenvalue weighted by atomic mass is 10.0. The highest BCUT2D eigenvalue weighted by Crippen LogP contribution is 2.66. The largest absolute Gasteiger partial charge is 0.490 e. The van der Waals surface area contributed by atoms with Gasteiger partial charge in [-0.1, -0.05) is 19.6 Å². The SMILES string of the molecule is C=C1CCC=CN1C1OC(COP(=O)(O)OP(=O)(O)OP(=O)(O)O)CC1C. The number of phosphoric ester groups is 1. The van der Waals surface area contributed by atoms with Crippen molar-refractivity contribution in [3.63, 3.8) is 0 Å². The molecular formula is C12H22NO11P3. The predicted molar refractivity (Wildman–Crippen MR) is 91.6 cm³/mol. The van der Waals surface area contributed by atoms with Gasteiger partial charge < -0.3 is 29.2 Å². The van der Waals surface area contributed by atoms with Gasteiger partial charge in [-0.25, -0.2) is 13.7 Å². The van der Waals surface area contributed by atoms with Crippen molar-refractivity contribution in [2.75, 3.05) is 6.61 Å². The normalized spacial score (nSPS) is 30.9. The van der Waals surface area contributed by atoms with Gasteiger partial charge in [0, 0.05) is 17.8 Å². The van der Waals surface area contributed by atoms with Crippen LogP contribution in [0.2, 0.25) is 0 Å². The first kappa shape index (κ1) is 22.9. The fraction of sp³-hybridized carbons (Fsp3) is 0.667. The van der Waals surface area contributed by atoms with E-state index < -0.39 is 36.2 Å². The molecule has 5 unspecified atom stereocenters. The Morgan fingerprint density at radius 1 is 1.22 bits per heavy atom. The molecule has 0 aromatic heterocycles. The summed E-state index contributed by atoms with van der Waals surface area (Å²) >= 11 is 0. The number of ether oxygens (including phenoxy) is 1. The molecule has 2 heterocycles. The van der Waals surface area contributed by atoms with Gasteiger partial charge in [-0.3, -0.25) is 4.52 Å². The third kappa shape index (κ3) is 7.20. The Morgan fingerprint density at radius 3 is 2.48 bits per heavy atom. The maximum atomic E-state index is 11.7. The Hall–Kier alpha value is -0.350. The quantitative estimate of drug-likeness (QED) is 0.399. The molecule has 5 atom stereocenters. The molecule has 0 bridgehead atoms. The summed E-state index contributed by atoms with van der Waals surface area (Å²) in [7, 11) is -16.1. The van der Waals surface area contributed by atoms with Crippen LogP contribution in [-0.4, -0.2) is 43.4 Å². The average molecular weight is 449 g/mol. The van der Waals surface area contributed by atoms with Crippen molar-refractivity contribution in [1.29, 1.82) is 0 Å². The molecule has 2 aliphatic rings. The number of allylic oxidation sites excluding steroid dienone is 2. The lowest BCUT2D eigenvalue weighted by Gasteiger charge is -2.33. The summed E-state index contributed by atoms with van der Waals surface area (Å²) in [5.41, 5.74) is 0.878. The number of rotatable bonds is 8. The average Bonchev–Trinajstić information content (AvgIpc) is 2.83. The maximum absolute atomic E-state index is 11.7. The lowest BCUT2D eigenvalue weighted by molar-refractivity contribution is -0.0501. The highest BCUT2D eigenvalue weighted by atomic mass is 31.3. The van der Waals surface area contributed by atoms with E-state index in [0.717, 1.165) is 18.5 Å². The molecule has 27 heavy (non-hydrogen) atoms.